The first-order valence-electron chi connectivity index (χ1n) is 5.31. The van der Waals surface area contributed by atoms with Crippen molar-refractivity contribution in [3.05, 3.63) is 34.1 Å². The molecule has 2 rings (SSSR count). The van der Waals surface area contributed by atoms with E-state index in [1.165, 1.54) is 23.9 Å². The highest BCUT2D eigenvalue weighted by atomic mass is 32.2. The fourth-order valence-corrected chi connectivity index (χ4v) is 2.34. The molecule has 19 heavy (non-hydrogen) atoms. The number of rotatable bonds is 4. The second-order valence-corrected chi connectivity index (χ2v) is 4.85. The van der Waals surface area contributed by atoms with E-state index in [1.54, 1.807) is 10.6 Å². The number of nitrogens with two attached hydrogens (primary N) is 1. The molecule has 1 aromatic carbocycles. The Kier molecular flexibility index (Phi) is 3.67. The van der Waals surface area contributed by atoms with Gasteiger partial charge in [-0.2, -0.15) is 0 Å². The van der Waals surface area contributed by atoms with Crippen LogP contribution in [0.3, 0.4) is 0 Å². The summed E-state index contributed by atoms with van der Waals surface area (Å²) in [5, 5.41) is 19.4. The Morgan fingerprint density at radius 3 is 2.68 bits per heavy atom. The summed E-state index contributed by atoms with van der Waals surface area (Å²) in [5.41, 5.74) is 2.85. The van der Waals surface area contributed by atoms with Gasteiger partial charge in [-0.1, -0.05) is 0 Å². The molecule has 9 heteroatoms. The number of nitrogen functional groups attached to an aromatic ring is 1. The third-order valence-corrected chi connectivity index (χ3v) is 3.54. The van der Waals surface area contributed by atoms with Crippen LogP contribution in [-0.4, -0.2) is 19.7 Å². The van der Waals surface area contributed by atoms with Gasteiger partial charge in [0.05, 0.1) is 10.6 Å². The van der Waals surface area contributed by atoms with Crippen molar-refractivity contribution in [3.8, 4) is 0 Å². The van der Waals surface area contributed by atoms with E-state index in [9.17, 15) is 10.1 Å². The molecule has 0 fully saturated rings. The number of aryl methyl sites for hydroxylation is 1. The lowest BCUT2D eigenvalue weighted by atomic mass is 10.3. The van der Waals surface area contributed by atoms with Gasteiger partial charge in [-0.3, -0.25) is 16.0 Å². The summed E-state index contributed by atoms with van der Waals surface area (Å²) in [6.45, 7) is 1.83. The van der Waals surface area contributed by atoms with Crippen LogP contribution in [0.15, 0.2) is 28.3 Å². The Morgan fingerprint density at radius 1 is 1.42 bits per heavy atom. The van der Waals surface area contributed by atoms with Crippen molar-refractivity contribution in [2.45, 2.75) is 17.0 Å². The maximum atomic E-state index is 10.8. The van der Waals surface area contributed by atoms with Crippen LogP contribution in [0.1, 0.15) is 5.82 Å². The molecule has 0 aliphatic carbocycles. The Balaban J connectivity index is 2.36. The minimum absolute atomic E-state index is 0.0307. The van der Waals surface area contributed by atoms with E-state index in [0.29, 0.717) is 15.7 Å². The van der Waals surface area contributed by atoms with Crippen molar-refractivity contribution < 1.29 is 4.92 Å². The normalized spacial score (nSPS) is 10.5. The summed E-state index contributed by atoms with van der Waals surface area (Å²) in [6, 6.07) is 4.54. The lowest BCUT2D eigenvalue weighted by Crippen LogP contribution is -2.07. The van der Waals surface area contributed by atoms with Crippen LogP contribution in [0.25, 0.3) is 0 Å². The van der Waals surface area contributed by atoms with Crippen LogP contribution in [0.5, 0.6) is 0 Å². The highest BCUT2D eigenvalue weighted by Gasteiger charge is 2.13. The molecule has 2 aromatic rings. The van der Waals surface area contributed by atoms with Crippen LogP contribution < -0.4 is 11.3 Å². The monoisotopic (exact) mass is 280 g/mol. The number of aromatic nitrogens is 3. The first kappa shape index (κ1) is 13.3. The fraction of sp³-hybridized carbons (Fsp3) is 0.200. The van der Waals surface area contributed by atoms with E-state index in [4.69, 9.17) is 5.84 Å². The predicted molar refractivity (Wildman–Crippen MR) is 70.8 cm³/mol. The van der Waals surface area contributed by atoms with Gasteiger partial charge < -0.3 is 9.99 Å². The molecule has 1 heterocycles. The highest BCUT2D eigenvalue weighted by Crippen LogP contribution is 2.31. The van der Waals surface area contributed by atoms with E-state index >= 15 is 0 Å². The van der Waals surface area contributed by atoms with E-state index in [2.05, 4.69) is 15.6 Å². The average molecular weight is 280 g/mol. The summed E-state index contributed by atoms with van der Waals surface area (Å²) < 4.78 is 1.80. The van der Waals surface area contributed by atoms with Gasteiger partial charge in [0.1, 0.15) is 5.82 Å². The molecule has 0 aliphatic rings. The van der Waals surface area contributed by atoms with E-state index in [0.717, 1.165) is 5.82 Å². The molecule has 0 bridgehead atoms. The van der Waals surface area contributed by atoms with Gasteiger partial charge in [0, 0.05) is 24.1 Å². The lowest BCUT2D eigenvalue weighted by Gasteiger charge is -2.05. The number of anilines is 1. The topological polar surface area (TPSA) is 112 Å². The molecule has 3 N–H and O–H groups in total. The maximum absolute atomic E-state index is 10.8. The van der Waals surface area contributed by atoms with E-state index in [-0.39, 0.29) is 5.69 Å². The molecule has 0 aliphatic heterocycles. The first-order chi connectivity index (χ1) is 9.01. The van der Waals surface area contributed by atoms with Crippen LogP contribution in [0, 0.1) is 17.0 Å². The second kappa shape index (κ2) is 5.24. The number of benzene rings is 1. The van der Waals surface area contributed by atoms with Gasteiger partial charge in [-0.25, -0.2) is 0 Å². The van der Waals surface area contributed by atoms with Gasteiger partial charge in [-0.15, -0.1) is 10.2 Å². The van der Waals surface area contributed by atoms with Gasteiger partial charge in [0.25, 0.3) is 5.69 Å². The number of hydrogen-bond donors (Lipinski definition) is 2. The van der Waals surface area contributed by atoms with Crippen LogP contribution >= 0.6 is 11.8 Å². The van der Waals surface area contributed by atoms with E-state index in [1.807, 2.05) is 14.0 Å². The number of non-ortho nitro benzene ring substituents is 1. The molecular formula is C10H12N6O2S. The molecule has 0 saturated heterocycles. The Labute approximate surface area is 113 Å². The summed E-state index contributed by atoms with van der Waals surface area (Å²) in [4.78, 5) is 11.0. The smallest absolute Gasteiger partial charge is 0.272 e. The quantitative estimate of drug-likeness (QED) is 0.495. The maximum Gasteiger partial charge on any atom is 0.272 e. The number of nitrogens with one attached hydrogen (secondary N) is 1. The zero-order chi connectivity index (χ0) is 14.0. The Morgan fingerprint density at radius 2 is 2.16 bits per heavy atom. The molecule has 8 nitrogen and oxygen atoms in total. The molecular weight excluding hydrogens is 268 g/mol. The van der Waals surface area contributed by atoms with Crippen molar-refractivity contribution in [3.63, 3.8) is 0 Å². The molecule has 1 aromatic heterocycles. The largest absolute Gasteiger partial charge is 0.324 e. The Bertz CT molecular complexity index is 626. The highest BCUT2D eigenvalue weighted by molar-refractivity contribution is 7.99. The van der Waals surface area contributed by atoms with Crippen molar-refractivity contribution in [1.29, 1.82) is 0 Å². The van der Waals surface area contributed by atoms with E-state index < -0.39 is 4.92 Å². The summed E-state index contributed by atoms with van der Waals surface area (Å²) in [7, 11) is 1.83. The van der Waals surface area contributed by atoms with Crippen LogP contribution in [-0.2, 0) is 7.05 Å². The molecule has 0 amide bonds. The number of nitro groups is 1. The summed E-state index contributed by atoms with van der Waals surface area (Å²) >= 11 is 1.29. The molecule has 0 saturated carbocycles. The number of hydrogen-bond acceptors (Lipinski definition) is 7. The average Bonchev–Trinajstić information content (AvgIpc) is 2.70. The number of nitrogens with zero attached hydrogens (tertiary/aromatic N) is 4. The molecule has 0 spiro atoms. The minimum Gasteiger partial charge on any atom is -0.324 e. The second-order valence-electron chi connectivity index (χ2n) is 3.81. The molecule has 0 unspecified atom stereocenters. The first-order valence-corrected chi connectivity index (χ1v) is 6.13. The number of nitro benzene ring substituents is 1. The zero-order valence-electron chi connectivity index (χ0n) is 10.3. The summed E-state index contributed by atoms with van der Waals surface area (Å²) in [5.74, 6) is 6.07. The van der Waals surface area contributed by atoms with Crippen molar-refractivity contribution in [2.24, 2.45) is 12.9 Å². The molecule has 0 radical (unpaired) electrons. The van der Waals surface area contributed by atoms with Crippen LogP contribution in [0.2, 0.25) is 0 Å². The van der Waals surface area contributed by atoms with Crippen molar-refractivity contribution in [1.82, 2.24) is 14.8 Å². The molecule has 0 atom stereocenters. The number of hydrazine groups is 1. The Hall–Kier alpha value is -2.13. The standard InChI is InChI=1S/C10H12N6O2S/c1-6-13-14-10(15(6)2)19-9-4-7(12-11)3-8(5-9)16(17)18/h3-5,12H,11H2,1-2H3. The fourth-order valence-electron chi connectivity index (χ4n) is 1.41. The van der Waals surface area contributed by atoms with Crippen molar-refractivity contribution in [2.75, 3.05) is 5.43 Å². The van der Waals surface area contributed by atoms with Crippen molar-refractivity contribution >= 4 is 23.1 Å². The van der Waals surface area contributed by atoms with Gasteiger partial charge in [-0.05, 0) is 24.8 Å². The molecule has 100 valence electrons. The van der Waals surface area contributed by atoms with Gasteiger partial charge in [0.15, 0.2) is 5.16 Å². The predicted octanol–water partition coefficient (Wildman–Crippen LogP) is 1.47. The third kappa shape index (κ3) is 2.83. The third-order valence-electron chi connectivity index (χ3n) is 2.53. The van der Waals surface area contributed by atoms with Gasteiger partial charge in [0.2, 0.25) is 0 Å². The zero-order valence-corrected chi connectivity index (χ0v) is 11.1. The minimum atomic E-state index is -0.465. The SMILES string of the molecule is Cc1nnc(Sc2cc(NN)cc([N+](=O)[O-])c2)n1C. The summed E-state index contributed by atoms with van der Waals surface area (Å²) in [6.07, 6.45) is 0. The lowest BCUT2D eigenvalue weighted by molar-refractivity contribution is -0.385. The van der Waals surface area contributed by atoms with Gasteiger partial charge >= 0.3 is 0 Å². The van der Waals surface area contributed by atoms with Crippen LogP contribution in [0.4, 0.5) is 11.4 Å².